The Balaban J connectivity index is 1.33. The number of piperidine rings is 2. The molecule has 0 spiro atoms. The zero-order valence-electron chi connectivity index (χ0n) is 22.3. The Morgan fingerprint density at radius 2 is 1.59 bits per heavy atom. The van der Waals surface area contributed by atoms with Crippen molar-refractivity contribution in [3.8, 4) is 0 Å². The summed E-state index contributed by atoms with van der Waals surface area (Å²) in [4.78, 5) is 14.7. The summed E-state index contributed by atoms with van der Waals surface area (Å²) in [6, 6.07) is 10.5. The molecule has 1 aromatic heterocycles. The van der Waals surface area contributed by atoms with Crippen molar-refractivity contribution in [3.05, 3.63) is 40.9 Å². The third kappa shape index (κ3) is 6.48. The Bertz CT molecular complexity index is 1050. The first kappa shape index (κ1) is 26.5. The fourth-order valence-electron chi connectivity index (χ4n) is 6.43. The number of benzene rings is 1. The minimum atomic E-state index is 0.0540. The first-order valence-electron chi connectivity index (χ1n) is 14.1. The maximum absolute atomic E-state index is 6.35. The van der Waals surface area contributed by atoms with E-state index in [0.717, 1.165) is 62.2 Å². The number of hydrogen-bond donors (Lipinski definition) is 2. The van der Waals surface area contributed by atoms with Crippen LogP contribution in [-0.4, -0.2) is 47.8 Å². The van der Waals surface area contributed by atoms with Gasteiger partial charge in [-0.25, -0.2) is 0 Å². The van der Waals surface area contributed by atoms with Gasteiger partial charge in [-0.3, -0.25) is 0 Å². The van der Waals surface area contributed by atoms with Crippen LogP contribution in [0.3, 0.4) is 0 Å². The highest BCUT2D eigenvalue weighted by molar-refractivity contribution is 7.80. The van der Waals surface area contributed by atoms with Crippen molar-refractivity contribution in [1.29, 1.82) is 0 Å². The Labute approximate surface area is 232 Å². The number of nitrogens with one attached hydrogen (secondary N) is 2. The molecule has 3 fully saturated rings. The molecule has 1 aromatic carbocycles. The second-order valence-electron chi connectivity index (χ2n) is 11.6. The maximum atomic E-state index is 6.35. The number of halogens is 1. The van der Waals surface area contributed by atoms with Crippen LogP contribution in [0, 0.1) is 11.8 Å². The molecule has 2 saturated heterocycles. The fourth-order valence-corrected chi connectivity index (χ4v) is 6.78. The van der Waals surface area contributed by atoms with Gasteiger partial charge in [0.2, 0.25) is 5.95 Å². The molecule has 5 rings (SSSR count). The highest BCUT2D eigenvalue weighted by atomic mass is 35.5. The Kier molecular flexibility index (Phi) is 8.40. The molecular weight excluding hydrogens is 500 g/mol. The van der Waals surface area contributed by atoms with Crippen molar-refractivity contribution in [3.63, 3.8) is 0 Å². The molecule has 0 amide bonds. The van der Waals surface area contributed by atoms with Crippen LogP contribution in [0.2, 0.25) is 5.02 Å². The smallest absolute Gasteiger partial charge is 0.232 e. The van der Waals surface area contributed by atoms with Gasteiger partial charge in [0, 0.05) is 49.2 Å². The zero-order chi connectivity index (χ0) is 25.8. The van der Waals surface area contributed by atoms with E-state index in [1.807, 2.05) is 6.07 Å². The van der Waals surface area contributed by atoms with E-state index >= 15 is 0 Å². The molecular formula is C29H41ClN6S. The summed E-state index contributed by atoms with van der Waals surface area (Å²) in [6.07, 6.45) is 9.71. The van der Waals surface area contributed by atoms with E-state index in [4.69, 9.17) is 33.8 Å². The lowest BCUT2D eigenvalue weighted by Gasteiger charge is -2.35. The van der Waals surface area contributed by atoms with Crippen molar-refractivity contribution in [2.45, 2.75) is 70.6 Å². The molecule has 0 radical (unpaired) electrons. The van der Waals surface area contributed by atoms with Crippen LogP contribution >= 0.6 is 23.8 Å². The largest absolute Gasteiger partial charge is 0.361 e. The fraction of sp³-hybridized carbons (Fsp3) is 0.621. The predicted molar refractivity (Wildman–Crippen MR) is 159 cm³/mol. The van der Waals surface area contributed by atoms with Gasteiger partial charge in [0.25, 0.3) is 0 Å². The normalized spacial score (nSPS) is 23.6. The average Bonchev–Trinajstić information content (AvgIpc) is 3.38. The minimum Gasteiger partial charge on any atom is -0.361 e. The molecule has 2 aromatic rings. The summed E-state index contributed by atoms with van der Waals surface area (Å²) in [7, 11) is 0. The summed E-state index contributed by atoms with van der Waals surface area (Å²) in [6.45, 7) is 9.60. The third-order valence-electron chi connectivity index (χ3n) is 8.47. The molecule has 2 atom stereocenters. The summed E-state index contributed by atoms with van der Waals surface area (Å²) in [5.41, 5.74) is 1.35. The SMILES string of the molecule is C[C@H]1CCCN(c2cc(N3CCC[C@H](C)C3)nc(NC(=S)NCC3(c4cccc(Cl)c4)CCCC3)n2)C1. The van der Waals surface area contributed by atoms with Crippen molar-refractivity contribution in [1.82, 2.24) is 15.3 Å². The van der Waals surface area contributed by atoms with Crippen LogP contribution in [0.25, 0.3) is 0 Å². The van der Waals surface area contributed by atoms with Gasteiger partial charge in [-0.05, 0) is 80.3 Å². The summed E-state index contributed by atoms with van der Waals surface area (Å²) in [5.74, 6) is 3.95. The Morgan fingerprint density at radius 1 is 0.973 bits per heavy atom. The zero-order valence-corrected chi connectivity index (χ0v) is 23.9. The molecule has 200 valence electrons. The summed E-state index contributed by atoms with van der Waals surface area (Å²) < 4.78 is 0. The van der Waals surface area contributed by atoms with Crippen LogP contribution < -0.4 is 20.4 Å². The standard InChI is InChI=1S/C29H41ClN6S/c1-21-8-6-14-35(18-21)25-17-26(36-15-7-9-22(2)19-36)33-27(32-25)34-28(37)31-20-29(12-3-4-13-29)23-10-5-11-24(30)16-23/h5,10-11,16-17,21-22H,3-4,6-9,12-15,18-20H2,1-2H3,(H2,31,32,33,34,37)/t21-,22-/m0/s1. The molecule has 8 heteroatoms. The van der Waals surface area contributed by atoms with Crippen molar-refractivity contribution in [2.75, 3.05) is 47.8 Å². The molecule has 3 aliphatic rings. The Hall–Kier alpha value is -2.12. The topological polar surface area (TPSA) is 56.3 Å². The number of rotatable bonds is 6. The monoisotopic (exact) mass is 540 g/mol. The van der Waals surface area contributed by atoms with E-state index in [2.05, 4.69) is 58.5 Å². The molecule has 1 aliphatic carbocycles. The quantitative estimate of drug-likeness (QED) is 0.411. The Morgan fingerprint density at radius 3 is 2.16 bits per heavy atom. The van der Waals surface area contributed by atoms with Gasteiger partial charge in [-0.1, -0.05) is 50.4 Å². The van der Waals surface area contributed by atoms with Gasteiger partial charge in [-0.2, -0.15) is 9.97 Å². The van der Waals surface area contributed by atoms with E-state index in [9.17, 15) is 0 Å². The molecule has 37 heavy (non-hydrogen) atoms. The summed E-state index contributed by atoms with van der Waals surface area (Å²) >= 11 is 12.1. The van der Waals surface area contributed by atoms with Gasteiger partial charge >= 0.3 is 0 Å². The lowest BCUT2D eigenvalue weighted by Crippen LogP contribution is -2.41. The molecule has 3 heterocycles. The number of nitrogens with zero attached hydrogens (tertiary/aromatic N) is 4. The molecule has 2 N–H and O–H groups in total. The van der Waals surface area contributed by atoms with Crippen LogP contribution in [0.5, 0.6) is 0 Å². The second kappa shape index (κ2) is 11.7. The van der Waals surface area contributed by atoms with Crippen LogP contribution in [-0.2, 0) is 5.41 Å². The van der Waals surface area contributed by atoms with Crippen LogP contribution in [0.1, 0.15) is 70.8 Å². The number of aromatic nitrogens is 2. The highest BCUT2D eigenvalue weighted by Gasteiger charge is 2.36. The van der Waals surface area contributed by atoms with Gasteiger partial charge in [0.1, 0.15) is 11.6 Å². The van der Waals surface area contributed by atoms with Gasteiger partial charge < -0.3 is 20.4 Å². The number of hydrogen-bond acceptors (Lipinski definition) is 5. The van der Waals surface area contributed by atoms with E-state index < -0.39 is 0 Å². The second-order valence-corrected chi connectivity index (χ2v) is 12.4. The van der Waals surface area contributed by atoms with E-state index in [0.29, 0.717) is 22.9 Å². The van der Waals surface area contributed by atoms with Gasteiger partial charge in [-0.15, -0.1) is 0 Å². The first-order chi connectivity index (χ1) is 17.9. The summed E-state index contributed by atoms with van der Waals surface area (Å²) in [5, 5.41) is 8.23. The van der Waals surface area contributed by atoms with Crippen molar-refractivity contribution < 1.29 is 0 Å². The van der Waals surface area contributed by atoms with Crippen molar-refractivity contribution >= 4 is 46.5 Å². The van der Waals surface area contributed by atoms with E-state index in [1.54, 1.807) is 0 Å². The molecule has 2 aliphatic heterocycles. The lowest BCUT2D eigenvalue weighted by molar-refractivity contribution is 0.435. The first-order valence-corrected chi connectivity index (χ1v) is 14.9. The molecule has 0 unspecified atom stereocenters. The van der Waals surface area contributed by atoms with Gasteiger partial charge in [0.15, 0.2) is 5.11 Å². The highest BCUT2D eigenvalue weighted by Crippen LogP contribution is 2.41. The lowest BCUT2D eigenvalue weighted by atomic mass is 9.79. The van der Waals surface area contributed by atoms with E-state index in [1.165, 1.54) is 44.1 Å². The average molecular weight is 541 g/mol. The molecule has 6 nitrogen and oxygen atoms in total. The number of thiocarbonyl (C=S) groups is 1. The molecule has 0 bridgehead atoms. The predicted octanol–water partition coefficient (Wildman–Crippen LogP) is 6.40. The number of anilines is 3. The molecule has 1 saturated carbocycles. The van der Waals surface area contributed by atoms with Crippen LogP contribution in [0.15, 0.2) is 30.3 Å². The minimum absolute atomic E-state index is 0.0540. The maximum Gasteiger partial charge on any atom is 0.232 e. The van der Waals surface area contributed by atoms with E-state index in [-0.39, 0.29) is 5.41 Å². The van der Waals surface area contributed by atoms with Crippen LogP contribution in [0.4, 0.5) is 17.6 Å². The van der Waals surface area contributed by atoms with Gasteiger partial charge in [0.05, 0.1) is 0 Å². The third-order valence-corrected chi connectivity index (χ3v) is 8.95. The van der Waals surface area contributed by atoms with Crippen molar-refractivity contribution in [2.24, 2.45) is 11.8 Å².